The molecule has 0 fully saturated rings. The van der Waals surface area contributed by atoms with E-state index in [4.69, 9.17) is 9.47 Å². The van der Waals surface area contributed by atoms with E-state index in [9.17, 15) is 4.79 Å². The Balaban J connectivity index is 1.71. The fourth-order valence-corrected chi connectivity index (χ4v) is 4.61. The molecule has 2 aromatic heterocycles. The average molecular weight is 390 g/mol. The van der Waals surface area contributed by atoms with E-state index in [0.29, 0.717) is 25.6 Å². The highest BCUT2D eigenvalue weighted by Gasteiger charge is 2.13. The molecule has 0 aliphatic rings. The van der Waals surface area contributed by atoms with Crippen LogP contribution < -0.4 is 4.74 Å². The summed E-state index contributed by atoms with van der Waals surface area (Å²) in [5, 5.41) is 4.26. The highest BCUT2D eigenvalue weighted by molar-refractivity contribution is 7.17. The maximum atomic E-state index is 11.7. The van der Waals surface area contributed by atoms with Gasteiger partial charge < -0.3 is 9.47 Å². The van der Waals surface area contributed by atoms with Gasteiger partial charge in [0.1, 0.15) is 12.4 Å². The van der Waals surface area contributed by atoms with Crippen LogP contribution in [-0.2, 0) is 22.6 Å². The minimum Gasteiger partial charge on any atom is -0.488 e. The monoisotopic (exact) mass is 389 g/mol. The van der Waals surface area contributed by atoms with Crippen LogP contribution in [0.25, 0.3) is 10.1 Å². The molecule has 0 atom stereocenters. The van der Waals surface area contributed by atoms with Crippen LogP contribution in [0.15, 0.2) is 23.6 Å². The Morgan fingerprint density at radius 3 is 2.81 bits per heavy atom. The SMILES string of the molecule is CCOC(=O)Cc1csc2cc(OCc3sc(C(C)C)nc3C)ccc12. The van der Waals surface area contributed by atoms with Crippen molar-refractivity contribution in [1.29, 1.82) is 0 Å². The average Bonchev–Trinajstić information content (AvgIpc) is 3.17. The highest BCUT2D eigenvalue weighted by Crippen LogP contribution is 2.31. The molecule has 0 radical (unpaired) electrons. The number of aromatic nitrogens is 1. The van der Waals surface area contributed by atoms with Crippen LogP contribution >= 0.6 is 22.7 Å². The summed E-state index contributed by atoms with van der Waals surface area (Å²) in [4.78, 5) is 17.5. The molecule has 0 aliphatic carbocycles. The van der Waals surface area contributed by atoms with Crippen LogP contribution in [-0.4, -0.2) is 17.6 Å². The molecule has 0 saturated heterocycles. The molecule has 3 rings (SSSR count). The number of aryl methyl sites for hydroxylation is 1. The zero-order chi connectivity index (χ0) is 18.7. The van der Waals surface area contributed by atoms with E-state index < -0.39 is 0 Å². The Kier molecular flexibility index (Phi) is 5.94. The van der Waals surface area contributed by atoms with Gasteiger partial charge in [0.15, 0.2) is 0 Å². The number of carbonyl (C=O) groups is 1. The van der Waals surface area contributed by atoms with Crippen LogP contribution in [0.5, 0.6) is 5.75 Å². The smallest absolute Gasteiger partial charge is 0.310 e. The Bertz CT molecular complexity index is 911. The van der Waals surface area contributed by atoms with Crippen molar-refractivity contribution in [3.63, 3.8) is 0 Å². The van der Waals surface area contributed by atoms with Crippen molar-refractivity contribution >= 4 is 38.7 Å². The zero-order valence-corrected chi connectivity index (χ0v) is 17.1. The Labute approximate surface area is 161 Å². The third-order valence-electron chi connectivity index (χ3n) is 4.04. The van der Waals surface area contributed by atoms with Crippen molar-refractivity contribution in [2.75, 3.05) is 6.61 Å². The van der Waals surface area contributed by atoms with Gasteiger partial charge in [-0.25, -0.2) is 4.98 Å². The molecular weight excluding hydrogens is 366 g/mol. The van der Waals surface area contributed by atoms with Gasteiger partial charge in [-0.15, -0.1) is 22.7 Å². The second kappa shape index (κ2) is 8.18. The summed E-state index contributed by atoms with van der Waals surface area (Å²) in [6.45, 7) is 9.10. The fourth-order valence-electron chi connectivity index (χ4n) is 2.64. The van der Waals surface area contributed by atoms with Gasteiger partial charge in [-0.3, -0.25) is 4.79 Å². The van der Waals surface area contributed by atoms with Crippen molar-refractivity contribution < 1.29 is 14.3 Å². The summed E-state index contributed by atoms with van der Waals surface area (Å²) in [6.07, 6.45) is 0.312. The summed E-state index contributed by atoms with van der Waals surface area (Å²) in [5.74, 6) is 1.09. The van der Waals surface area contributed by atoms with Crippen molar-refractivity contribution in [2.24, 2.45) is 0 Å². The minimum atomic E-state index is -0.186. The van der Waals surface area contributed by atoms with Gasteiger partial charge in [0.2, 0.25) is 0 Å². The van der Waals surface area contributed by atoms with E-state index in [1.807, 2.05) is 37.4 Å². The molecule has 0 N–H and O–H groups in total. The summed E-state index contributed by atoms with van der Waals surface area (Å²) in [5.41, 5.74) is 2.06. The lowest BCUT2D eigenvalue weighted by atomic mass is 10.1. The molecule has 0 unspecified atom stereocenters. The lowest BCUT2D eigenvalue weighted by Gasteiger charge is -2.06. The Morgan fingerprint density at radius 1 is 1.31 bits per heavy atom. The van der Waals surface area contributed by atoms with Gasteiger partial charge in [-0.2, -0.15) is 0 Å². The summed E-state index contributed by atoms with van der Waals surface area (Å²) in [7, 11) is 0. The van der Waals surface area contributed by atoms with Gasteiger partial charge >= 0.3 is 5.97 Å². The first-order chi connectivity index (χ1) is 12.5. The number of thiazole rings is 1. The van der Waals surface area contributed by atoms with Crippen molar-refractivity contribution in [1.82, 2.24) is 4.98 Å². The molecule has 138 valence electrons. The van der Waals surface area contributed by atoms with Crippen molar-refractivity contribution in [2.45, 2.75) is 46.6 Å². The summed E-state index contributed by atoms with van der Waals surface area (Å²) < 4.78 is 12.1. The Morgan fingerprint density at radius 2 is 2.12 bits per heavy atom. The molecule has 6 heteroatoms. The van der Waals surface area contributed by atoms with Gasteiger partial charge in [0.05, 0.1) is 28.6 Å². The number of nitrogens with zero attached hydrogens (tertiary/aromatic N) is 1. The number of ether oxygens (including phenoxy) is 2. The van der Waals surface area contributed by atoms with Crippen LogP contribution in [0.2, 0.25) is 0 Å². The molecule has 3 aromatic rings. The first-order valence-electron chi connectivity index (χ1n) is 8.72. The molecule has 4 nitrogen and oxygen atoms in total. The fraction of sp³-hybridized carbons (Fsp3) is 0.400. The number of benzene rings is 1. The number of fused-ring (bicyclic) bond motifs is 1. The number of hydrogen-bond donors (Lipinski definition) is 0. The topological polar surface area (TPSA) is 48.4 Å². The second-order valence-corrected chi connectivity index (χ2v) is 8.43. The predicted octanol–water partition coefficient (Wildman–Crippen LogP) is 5.47. The van der Waals surface area contributed by atoms with Gasteiger partial charge in [0, 0.05) is 10.6 Å². The van der Waals surface area contributed by atoms with E-state index in [1.165, 1.54) is 4.88 Å². The number of thiophene rings is 1. The molecule has 0 amide bonds. The summed E-state index contributed by atoms with van der Waals surface area (Å²) in [6, 6.07) is 6.02. The molecule has 1 aromatic carbocycles. The van der Waals surface area contributed by atoms with Crippen LogP contribution in [0.3, 0.4) is 0 Å². The highest BCUT2D eigenvalue weighted by atomic mass is 32.1. The second-order valence-electron chi connectivity index (χ2n) is 6.40. The molecular formula is C20H23NO3S2. The zero-order valence-electron chi connectivity index (χ0n) is 15.5. The third kappa shape index (κ3) is 4.24. The first-order valence-corrected chi connectivity index (χ1v) is 10.4. The Hall–Kier alpha value is -1.92. The largest absolute Gasteiger partial charge is 0.488 e. The van der Waals surface area contributed by atoms with Gasteiger partial charge in [-0.1, -0.05) is 13.8 Å². The lowest BCUT2D eigenvalue weighted by molar-refractivity contribution is -0.142. The lowest BCUT2D eigenvalue weighted by Crippen LogP contribution is -2.06. The standard InChI is InChI=1S/C20H23NO3S2/c1-5-23-19(22)8-14-11-25-17-9-15(6-7-16(14)17)24-10-18-13(4)21-20(26-18)12(2)3/h6-7,9,11-12H,5,8,10H2,1-4H3. The molecule has 0 spiro atoms. The van der Waals surface area contributed by atoms with Gasteiger partial charge in [0.25, 0.3) is 0 Å². The number of rotatable bonds is 7. The normalized spacial score (nSPS) is 11.3. The minimum absolute atomic E-state index is 0.186. The maximum absolute atomic E-state index is 11.7. The third-order valence-corrected chi connectivity index (χ3v) is 6.47. The van der Waals surface area contributed by atoms with Crippen molar-refractivity contribution in [3.05, 3.63) is 44.7 Å². The van der Waals surface area contributed by atoms with Crippen LogP contribution in [0.4, 0.5) is 0 Å². The van der Waals surface area contributed by atoms with E-state index in [1.54, 1.807) is 22.7 Å². The van der Waals surface area contributed by atoms with E-state index >= 15 is 0 Å². The van der Waals surface area contributed by atoms with Crippen LogP contribution in [0, 0.1) is 6.92 Å². The molecule has 0 aliphatic heterocycles. The van der Waals surface area contributed by atoms with Gasteiger partial charge in [-0.05, 0) is 48.4 Å². The molecule has 2 heterocycles. The number of carbonyl (C=O) groups excluding carboxylic acids is 1. The van der Waals surface area contributed by atoms with Crippen molar-refractivity contribution in [3.8, 4) is 5.75 Å². The first kappa shape index (κ1) is 18.9. The van der Waals surface area contributed by atoms with E-state index in [-0.39, 0.29) is 5.97 Å². The van der Waals surface area contributed by atoms with E-state index in [2.05, 4.69) is 18.8 Å². The number of esters is 1. The summed E-state index contributed by atoms with van der Waals surface area (Å²) >= 11 is 3.34. The number of hydrogen-bond acceptors (Lipinski definition) is 6. The van der Waals surface area contributed by atoms with Crippen LogP contribution in [0.1, 0.15) is 47.8 Å². The quantitative estimate of drug-likeness (QED) is 0.503. The molecule has 26 heavy (non-hydrogen) atoms. The molecule has 0 bridgehead atoms. The molecule has 0 saturated carbocycles. The predicted molar refractivity (Wildman–Crippen MR) is 107 cm³/mol. The maximum Gasteiger partial charge on any atom is 0.310 e. The van der Waals surface area contributed by atoms with E-state index in [0.717, 1.165) is 32.1 Å².